The minimum atomic E-state index is -0.673. The second kappa shape index (κ2) is 7.97. The Labute approximate surface area is 165 Å². The second-order valence-corrected chi connectivity index (χ2v) is 6.26. The molecule has 0 spiro atoms. The Morgan fingerprint density at radius 1 is 1.21 bits per heavy atom. The van der Waals surface area contributed by atoms with Crippen molar-refractivity contribution in [2.45, 2.75) is 6.54 Å². The quantitative estimate of drug-likeness (QED) is 0.273. The maximum atomic E-state index is 12.9. The van der Waals surface area contributed by atoms with Gasteiger partial charge in [-0.2, -0.15) is 0 Å². The van der Waals surface area contributed by atoms with Crippen molar-refractivity contribution in [3.63, 3.8) is 0 Å². The molecule has 1 N–H and O–H groups in total. The van der Waals surface area contributed by atoms with Crippen molar-refractivity contribution in [1.82, 2.24) is 10.2 Å². The van der Waals surface area contributed by atoms with Gasteiger partial charge in [-0.25, -0.2) is 0 Å². The fourth-order valence-electron chi connectivity index (χ4n) is 2.71. The predicted molar refractivity (Wildman–Crippen MR) is 105 cm³/mol. The molecule has 1 saturated heterocycles. The lowest BCUT2D eigenvalue weighted by atomic mass is 10.1. The van der Waals surface area contributed by atoms with Gasteiger partial charge in [0.2, 0.25) is 0 Å². The third kappa shape index (κ3) is 3.89. The number of rotatable bonds is 5. The van der Waals surface area contributed by atoms with Crippen LogP contribution in [0, 0.1) is 10.1 Å². The van der Waals surface area contributed by atoms with E-state index in [1.165, 1.54) is 36.3 Å². The first-order chi connectivity index (χ1) is 13.4. The van der Waals surface area contributed by atoms with Crippen molar-refractivity contribution in [2.75, 3.05) is 7.11 Å². The number of benzene rings is 2. The Bertz CT molecular complexity index is 1000. The molecule has 1 aliphatic heterocycles. The number of carbonyl (C=O) groups is 2. The molecule has 0 aromatic heterocycles. The van der Waals surface area contributed by atoms with Crippen LogP contribution < -0.4 is 10.1 Å². The second-order valence-electron chi connectivity index (χ2n) is 5.88. The van der Waals surface area contributed by atoms with E-state index < -0.39 is 16.7 Å². The summed E-state index contributed by atoms with van der Waals surface area (Å²) in [5, 5.41) is 13.5. The molecule has 0 radical (unpaired) electrons. The molecule has 0 aliphatic carbocycles. The van der Waals surface area contributed by atoms with E-state index in [-0.39, 0.29) is 28.5 Å². The molecule has 0 saturated carbocycles. The summed E-state index contributed by atoms with van der Waals surface area (Å²) < 4.78 is 5.19. The van der Waals surface area contributed by atoms with Gasteiger partial charge in [-0.1, -0.05) is 30.3 Å². The van der Waals surface area contributed by atoms with Gasteiger partial charge < -0.3 is 4.74 Å². The standard InChI is InChI=1S/C19H15N3O5S/c1-27-16-8-7-14(22(25)26)9-13(16)10-15-17(23)20-19(28)21(18(15)24)11-12-5-3-2-4-6-12/h2-10H,11H2,1H3,(H,20,23,28)/b15-10-. The maximum Gasteiger partial charge on any atom is 0.270 e. The normalized spacial score (nSPS) is 15.5. The fourth-order valence-corrected chi connectivity index (χ4v) is 2.95. The topological polar surface area (TPSA) is 102 Å². The number of hydrogen-bond donors (Lipinski definition) is 1. The van der Waals surface area contributed by atoms with Crippen molar-refractivity contribution >= 4 is 40.9 Å². The van der Waals surface area contributed by atoms with Crippen molar-refractivity contribution in [1.29, 1.82) is 0 Å². The van der Waals surface area contributed by atoms with Gasteiger partial charge >= 0.3 is 0 Å². The minimum Gasteiger partial charge on any atom is -0.496 e. The molecule has 0 bridgehead atoms. The molecule has 0 atom stereocenters. The smallest absolute Gasteiger partial charge is 0.270 e. The van der Waals surface area contributed by atoms with Crippen LogP contribution in [-0.4, -0.2) is 33.9 Å². The molecule has 8 nitrogen and oxygen atoms in total. The van der Waals surface area contributed by atoms with E-state index in [1.807, 2.05) is 30.3 Å². The molecule has 28 heavy (non-hydrogen) atoms. The van der Waals surface area contributed by atoms with E-state index in [2.05, 4.69) is 5.32 Å². The Morgan fingerprint density at radius 2 is 1.93 bits per heavy atom. The minimum absolute atomic E-state index is 0.00186. The van der Waals surface area contributed by atoms with E-state index in [1.54, 1.807) is 0 Å². The first-order valence-electron chi connectivity index (χ1n) is 8.16. The highest BCUT2D eigenvalue weighted by atomic mass is 32.1. The molecule has 2 amide bonds. The molecular weight excluding hydrogens is 382 g/mol. The van der Waals surface area contributed by atoms with Crippen molar-refractivity contribution in [3.05, 3.63) is 75.3 Å². The van der Waals surface area contributed by atoms with E-state index in [0.29, 0.717) is 5.75 Å². The van der Waals surface area contributed by atoms with Crippen LogP contribution >= 0.6 is 12.2 Å². The number of thiocarbonyl (C=S) groups is 1. The molecule has 1 fully saturated rings. The van der Waals surface area contributed by atoms with E-state index in [0.717, 1.165) is 5.56 Å². The number of non-ortho nitro benzene ring substituents is 1. The Balaban J connectivity index is 1.99. The summed E-state index contributed by atoms with van der Waals surface area (Å²) in [5.74, 6) is -0.972. The van der Waals surface area contributed by atoms with Crippen LogP contribution in [0.25, 0.3) is 6.08 Å². The highest BCUT2D eigenvalue weighted by Crippen LogP contribution is 2.27. The lowest BCUT2D eigenvalue weighted by Crippen LogP contribution is -2.53. The number of amides is 2. The van der Waals surface area contributed by atoms with Gasteiger partial charge in [-0.15, -0.1) is 0 Å². The summed E-state index contributed by atoms with van der Waals surface area (Å²) in [6.45, 7) is 0.183. The number of methoxy groups -OCH3 is 1. The molecule has 9 heteroatoms. The lowest BCUT2D eigenvalue weighted by Gasteiger charge is -2.29. The van der Waals surface area contributed by atoms with Crippen LogP contribution in [0.1, 0.15) is 11.1 Å². The number of carbonyl (C=O) groups excluding carboxylic acids is 2. The molecular formula is C19H15N3O5S. The number of nitrogens with zero attached hydrogens (tertiary/aromatic N) is 2. The van der Waals surface area contributed by atoms with Gasteiger partial charge in [0, 0.05) is 17.7 Å². The zero-order valence-corrected chi connectivity index (χ0v) is 15.6. The maximum absolute atomic E-state index is 12.9. The van der Waals surface area contributed by atoms with Gasteiger partial charge in [0.15, 0.2) is 5.11 Å². The van der Waals surface area contributed by atoms with Crippen LogP contribution in [0.5, 0.6) is 5.75 Å². The largest absolute Gasteiger partial charge is 0.496 e. The highest BCUT2D eigenvalue weighted by Gasteiger charge is 2.33. The number of nitro benzene ring substituents is 1. The Morgan fingerprint density at radius 3 is 2.57 bits per heavy atom. The molecule has 1 heterocycles. The average Bonchev–Trinajstić information content (AvgIpc) is 2.69. The van der Waals surface area contributed by atoms with Crippen LogP contribution in [-0.2, 0) is 16.1 Å². The number of nitrogens with one attached hydrogen (secondary N) is 1. The third-order valence-electron chi connectivity index (χ3n) is 4.09. The van der Waals surface area contributed by atoms with Gasteiger partial charge in [0.25, 0.3) is 17.5 Å². The third-order valence-corrected chi connectivity index (χ3v) is 4.42. The summed E-state index contributed by atoms with van der Waals surface area (Å²) in [6, 6.07) is 13.1. The summed E-state index contributed by atoms with van der Waals surface area (Å²) in [7, 11) is 1.39. The van der Waals surface area contributed by atoms with Crippen LogP contribution in [0.4, 0.5) is 5.69 Å². The molecule has 2 aromatic rings. The van der Waals surface area contributed by atoms with E-state index in [9.17, 15) is 19.7 Å². The Kier molecular flexibility index (Phi) is 5.46. The first-order valence-corrected chi connectivity index (χ1v) is 8.56. The zero-order valence-electron chi connectivity index (χ0n) is 14.7. The van der Waals surface area contributed by atoms with E-state index >= 15 is 0 Å². The van der Waals surface area contributed by atoms with Crippen molar-refractivity contribution in [3.8, 4) is 5.75 Å². The van der Waals surface area contributed by atoms with Gasteiger partial charge in [-0.05, 0) is 29.9 Å². The summed E-state index contributed by atoms with van der Waals surface area (Å²) in [4.78, 5) is 37.0. The fraction of sp³-hybridized carbons (Fsp3) is 0.105. The monoisotopic (exact) mass is 397 g/mol. The van der Waals surface area contributed by atoms with Crippen molar-refractivity contribution < 1.29 is 19.2 Å². The highest BCUT2D eigenvalue weighted by molar-refractivity contribution is 7.80. The first kappa shape index (κ1) is 19.2. The van der Waals surface area contributed by atoms with Gasteiger partial charge in [0.1, 0.15) is 11.3 Å². The summed E-state index contributed by atoms with van der Waals surface area (Å²) in [6.07, 6.45) is 1.27. The number of hydrogen-bond acceptors (Lipinski definition) is 6. The van der Waals surface area contributed by atoms with Gasteiger partial charge in [0.05, 0.1) is 18.6 Å². The van der Waals surface area contributed by atoms with Gasteiger partial charge in [-0.3, -0.25) is 29.9 Å². The molecule has 2 aromatic carbocycles. The molecule has 1 aliphatic rings. The molecule has 3 rings (SSSR count). The number of ether oxygens (including phenoxy) is 1. The van der Waals surface area contributed by atoms with Crippen LogP contribution in [0.15, 0.2) is 54.1 Å². The van der Waals surface area contributed by atoms with Crippen LogP contribution in [0.2, 0.25) is 0 Å². The molecule has 142 valence electrons. The van der Waals surface area contributed by atoms with E-state index in [4.69, 9.17) is 17.0 Å². The zero-order chi connectivity index (χ0) is 20.3. The SMILES string of the molecule is COc1ccc([N+](=O)[O-])cc1/C=C1/C(=O)NC(=S)N(Cc2ccccc2)C1=O. The average molecular weight is 397 g/mol. The lowest BCUT2D eigenvalue weighted by molar-refractivity contribution is -0.384. The number of nitro groups is 1. The summed E-state index contributed by atoms with van der Waals surface area (Å²) >= 11 is 5.13. The summed E-state index contributed by atoms with van der Waals surface area (Å²) in [5.41, 5.74) is 0.695. The van der Waals surface area contributed by atoms with Crippen LogP contribution in [0.3, 0.4) is 0 Å². The molecule has 0 unspecified atom stereocenters. The predicted octanol–water partition coefficient (Wildman–Crippen LogP) is 2.43. The Hall–Kier alpha value is -3.59. The van der Waals surface area contributed by atoms with Crippen molar-refractivity contribution in [2.24, 2.45) is 0 Å².